The molecule has 0 saturated carbocycles. The predicted molar refractivity (Wildman–Crippen MR) is 35.2 cm³/mol. The Bertz CT molecular complexity index is 144. The van der Waals surface area contributed by atoms with Crippen molar-refractivity contribution >= 4 is 8.53 Å². The molecule has 0 nitrogen and oxygen atoms in total. The minimum atomic E-state index is -1.05. The SMILES string of the molecule is [3H]P(C#CC)C#CC. The Kier molecular flexibility index (Phi) is 3.73. The van der Waals surface area contributed by atoms with Crippen LogP contribution in [0.2, 0.25) is 0 Å². The molecule has 0 aliphatic rings. The zero-order valence-corrected chi connectivity index (χ0v) is 5.34. The van der Waals surface area contributed by atoms with Gasteiger partial charge in [-0.25, -0.2) is 0 Å². The number of rotatable bonds is 0. The molecule has 0 amide bonds. The Labute approximate surface area is 47.8 Å². The van der Waals surface area contributed by atoms with E-state index in [1.54, 1.807) is 13.8 Å². The second kappa shape index (κ2) is 5.55. The van der Waals surface area contributed by atoms with Crippen molar-refractivity contribution in [2.75, 3.05) is 0 Å². The lowest BCUT2D eigenvalue weighted by atomic mass is 10.8. The van der Waals surface area contributed by atoms with Gasteiger partial charge in [-0.2, -0.15) is 0 Å². The molecule has 0 aromatic carbocycles. The summed E-state index contributed by atoms with van der Waals surface area (Å²) in [4.78, 5) is 0. The van der Waals surface area contributed by atoms with Gasteiger partial charge in [0.1, 0.15) is 0 Å². The van der Waals surface area contributed by atoms with Crippen LogP contribution in [-0.4, -0.2) is 1.28 Å². The lowest BCUT2D eigenvalue weighted by molar-refractivity contribution is 1.93. The molecule has 0 spiro atoms. The van der Waals surface area contributed by atoms with Crippen molar-refractivity contribution in [3.63, 3.8) is 0 Å². The molecule has 0 bridgehead atoms. The van der Waals surface area contributed by atoms with Gasteiger partial charge < -0.3 is 0 Å². The average molecular weight is 112 g/mol. The van der Waals surface area contributed by atoms with Crippen LogP contribution in [0, 0.1) is 23.2 Å². The van der Waals surface area contributed by atoms with Gasteiger partial charge in [-0.15, -0.1) is 11.8 Å². The molecular formula is C6H7P. The van der Waals surface area contributed by atoms with Crippen LogP contribution >= 0.6 is 8.53 Å². The second-order valence-corrected chi connectivity index (χ2v) is 1.51. The molecule has 36 valence electrons. The maximum atomic E-state index is 7.09. The van der Waals surface area contributed by atoms with Crippen LogP contribution < -0.4 is 0 Å². The third-order valence-electron chi connectivity index (χ3n) is 0.335. The lowest BCUT2D eigenvalue weighted by Crippen LogP contribution is -1.37. The van der Waals surface area contributed by atoms with E-state index in [-0.39, 0.29) is 0 Å². The summed E-state index contributed by atoms with van der Waals surface area (Å²) < 4.78 is 7.09. The molecule has 0 saturated heterocycles. The summed E-state index contributed by atoms with van der Waals surface area (Å²) in [6, 6.07) is 0. The summed E-state index contributed by atoms with van der Waals surface area (Å²) in [6.07, 6.45) is 0. The van der Waals surface area contributed by atoms with Gasteiger partial charge in [0, 0.05) is 8.53 Å². The van der Waals surface area contributed by atoms with E-state index in [4.69, 9.17) is 1.28 Å². The third-order valence-corrected chi connectivity index (χ3v) is 1.01. The van der Waals surface area contributed by atoms with E-state index < -0.39 is 8.53 Å². The smallest absolute Gasteiger partial charge is 0.0854 e. The molecule has 0 aliphatic carbocycles. The molecule has 0 fully saturated rings. The minimum absolute atomic E-state index is 1.05. The second-order valence-electron chi connectivity index (χ2n) is 0.835. The largest absolute Gasteiger partial charge is 0.101 e. The molecule has 0 N–H and O–H groups in total. The fourth-order valence-electron chi connectivity index (χ4n) is 0.140. The summed E-state index contributed by atoms with van der Waals surface area (Å²) in [5.41, 5.74) is 5.31. The maximum Gasteiger partial charge on any atom is 0.0854 e. The number of hydrogen-bond donors (Lipinski definition) is 0. The maximum absolute atomic E-state index is 7.09. The summed E-state index contributed by atoms with van der Waals surface area (Å²) in [6.45, 7) is 3.45. The van der Waals surface area contributed by atoms with E-state index in [0.717, 1.165) is 0 Å². The standard InChI is InChI=1S/C6H7P/c1-3-5-7-6-4-2/h7H,1-2H3/i7T. The fraction of sp³-hybridized carbons (Fsp3) is 0.333. The average Bonchev–Trinajstić information content (AvgIpc) is 1.68. The van der Waals surface area contributed by atoms with Crippen molar-refractivity contribution in [3.05, 3.63) is 0 Å². The van der Waals surface area contributed by atoms with Gasteiger partial charge in [0.2, 0.25) is 0 Å². The first kappa shape index (κ1) is 4.70. The Morgan fingerprint density at radius 1 is 1.29 bits per heavy atom. The first-order chi connectivity index (χ1) is 3.81. The van der Waals surface area contributed by atoms with Gasteiger partial charge in [-0.1, -0.05) is 11.3 Å². The Morgan fingerprint density at radius 2 is 1.71 bits per heavy atom. The third kappa shape index (κ3) is 5.55. The molecule has 0 radical (unpaired) electrons. The lowest BCUT2D eigenvalue weighted by Gasteiger charge is -1.63. The molecule has 0 rings (SSSR count). The predicted octanol–water partition coefficient (Wildman–Crippen LogP) is 1.63. The molecule has 0 heterocycles. The monoisotopic (exact) mass is 112 g/mol. The molecular weight excluding hydrogens is 103 g/mol. The van der Waals surface area contributed by atoms with Crippen molar-refractivity contribution < 1.29 is 0 Å². The van der Waals surface area contributed by atoms with Crippen molar-refractivity contribution in [1.82, 2.24) is 0 Å². The highest BCUT2D eigenvalue weighted by molar-refractivity contribution is 7.49. The Morgan fingerprint density at radius 3 is 2.00 bits per heavy atom. The van der Waals surface area contributed by atoms with Crippen LogP contribution in [0.5, 0.6) is 0 Å². The molecule has 1 heteroatoms. The highest BCUT2D eigenvalue weighted by Gasteiger charge is 1.57. The molecule has 0 unspecified atom stereocenters. The summed E-state index contributed by atoms with van der Waals surface area (Å²) >= 11 is 0. The van der Waals surface area contributed by atoms with Gasteiger partial charge >= 0.3 is 0 Å². The topological polar surface area (TPSA) is 0 Å². The van der Waals surface area contributed by atoms with Crippen LogP contribution in [0.4, 0.5) is 0 Å². The van der Waals surface area contributed by atoms with Crippen LogP contribution in [-0.2, 0) is 0 Å². The van der Waals surface area contributed by atoms with Gasteiger partial charge in [0.15, 0.2) is 0 Å². The van der Waals surface area contributed by atoms with Gasteiger partial charge in [-0.05, 0) is 13.8 Å². The van der Waals surface area contributed by atoms with Crippen LogP contribution in [0.1, 0.15) is 13.8 Å². The van der Waals surface area contributed by atoms with E-state index in [9.17, 15) is 0 Å². The van der Waals surface area contributed by atoms with E-state index in [0.29, 0.717) is 0 Å². The van der Waals surface area contributed by atoms with E-state index in [1.807, 2.05) is 0 Å². The van der Waals surface area contributed by atoms with Crippen LogP contribution in [0.15, 0.2) is 0 Å². The van der Waals surface area contributed by atoms with Gasteiger partial charge in [0.25, 0.3) is 0 Å². The molecule has 0 aromatic heterocycles. The van der Waals surface area contributed by atoms with Crippen LogP contribution in [0.25, 0.3) is 0 Å². The van der Waals surface area contributed by atoms with Crippen molar-refractivity contribution in [3.8, 4) is 23.2 Å². The van der Waals surface area contributed by atoms with E-state index in [2.05, 4.69) is 23.2 Å². The van der Waals surface area contributed by atoms with Crippen molar-refractivity contribution in [1.29, 1.82) is 1.28 Å². The molecule has 7 heavy (non-hydrogen) atoms. The Balaban J connectivity index is 3.71. The summed E-state index contributed by atoms with van der Waals surface area (Å²) in [7, 11) is -1.05. The molecule has 0 aliphatic heterocycles. The van der Waals surface area contributed by atoms with E-state index in [1.165, 1.54) is 0 Å². The van der Waals surface area contributed by atoms with E-state index >= 15 is 0 Å². The molecule has 0 atom stereocenters. The zero-order valence-electron chi connectivity index (χ0n) is 5.45. The highest BCUT2D eigenvalue weighted by Crippen LogP contribution is 2.00. The first-order valence-electron chi connectivity index (χ1n) is 2.39. The van der Waals surface area contributed by atoms with Gasteiger partial charge in [-0.3, -0.25) is 0 Å². The number of hydrogen-bond acceptors (Lipinski definition) is 0. The Hall–Kier alpha value is -0.450. The molecule has 0 aromatic rings. The normalized spacial score (nSPS) is 7.57. The quantitative estimate of drug-likeness (QED) is 0.330. The zero-order chi connectivity index (χ0) is 6.41. The summed E-state index contributed by atoms with van der Waals surface area (Å²) in [5, 5.41) is 0. The summed E-state index contributed by atoms with van der Waals surface area (Å²) in [5.74, 6) is 5.28. The van der Waals surface area contributed by atoms with Crippen LogP contribution in [0.3, 0.4) is 0 Å². The van der Waals surface area contributed by atoms with Crippen molar-refractivity contribution in [2.45, 2.75) is 13.8 Å². The highest BCUT2D eigenvalue weighted by atomic mass is 31.1. The fourth-order valence-corrected chi connectivity index (χ4v) is 0.419. The first-order valence-corrected chi connectivity index (χ1v) is 2.84. The van der Waals surface area contributed by atoms with Gasteiger partial charge in [0.05, 0.1) is 1.28 Å². The van der Waals surface area contributed by atoms with Crippen molar-refractivity contribution in [2.24, 2.45) is 0 Å². The minimum Gasteiger partial charge on any atom is -0.101 e.